The second-order valence-corrected chi connectivity index (χ2v) is 6.76. The van der Waals surface area contributed by atoms with E-state index in [9.17, 15) is 9.59 Å². The van der Waals surface area contributed by atoms with E-state index in [0.717, 1.165) is 13.1 Å². The van der Waals surface area contributed by atoms with Gasteiger partial charge in [0, 0.05) is 18.8 Å². The van der Waals surface area contributed by atoms with Crippen molar-refractivity contribution in [2.45, 2.75) is 13.8 Å². The maximum Gasteiger partial charge on any atom is 0.219 e. The molecule has 0 saturated carbocycles. The molecule has 0 N–H and O–H groups in total. The summed E-state index contributed by atoms with van der Waals surface area (Å²) in [6.07, 6.45) is 1.72. The molecule has 0 amide bonds. The van der Waals surface area contributed by atoms with Gasteiger partial charge >= 0.3 is 0 Å². The highest BCUT2D eigenvalue weighted by atomic mass is 35.5. The average Bonchev–Trinajstić information content (AvgIpc) is 3.10. The number of likely N-dealkylation sites (N-methyl/N-ethyl adjacent to an activating group) is 1. The van der Waals surface area contributed by atoms with Crippen molar-refractivity contribution in [3.05, 3.63) is 44.9 Å². The van der Waals surface area contributed by atoms with Crippen molar-refractivity contribution in [3.63, 3.8) is 0 Å². The lowest BCUT2D eigenvalue weighted by atomic mass is 10.1. The fourth-order valence-corrected chi connectivity index (χ4v) is 3.24. The minimum atomic E-state index is -0.110. The highest BCUT2D eigenvalue weighted by molar-refractivity contribution is 7.18. The first-order valence-electron chi connectivity index (χ1n) is 7.18. The van der Waals surface area contributed by atoms with E-state index < -0.39 is 0 Å². The summed E-state index contributed by atoms with van der Waals surface area (Å²) in [5.41, 5.74) is 1.07. The van der Waals surface area contributed by atoms with Crippen LogP contribution >= 0.6 is 22.9 Å². The predicted octanol–water partition coefficient (Wildman–Crippen LogP) is 3.50. The molecular weight excluding hydrogens is 320 g/mol. The van der Waals surface area contributed by atoms with Gasteiger partial charge in [0.05, 0.1) is 21.5 Å². The predicted molar refractivity (Wildman–Crippen MR) is 90.3 cm³/mol. The molecular formula is C16H19ClN2O2S. The number of rotatable bonds is 7. The summed E-state index contributed by atoms with van der Waals surface area (Å²) in [5.74, 6) is -0.0798. The Morgan fingerprint density at radius 1 is 1.27 bits per heavy atom. The van der Waals surface area contributed by atoms with Crippen molar-refractivity contribution in [3.8, 4) is 0 Å². The lowest BCUT2D eigenvalue weighted by Gasteiger charge is -2.16. The van der Waals surface area contributed by atoms with E-state index >= 15 is 0 Å². The van der Waals surface area contributed by atoms with Crippen LogP contribution in [-0.2, 0) is 7.05 Å². The van der Waals surface area contributed by atoms with Gasteiger partial charge in [-0.05, 0) is 31.3 Å². The SMILES string of the molecule is CCN(CC)CC(=O)c1cc(C(=O)c2ccc(Cl)s2)n(C)c1. The third-order valence-corrected chi connectivity index (χ3v) is 4.85. The van der Waals surface area contributed by atoms with Gasteiger partial charge in [0.15, 0.2) is 5.78 Å². The Balaban J connectivity index is 2.21. The van der Waals surface area contributed by atoms with Crippen molar-refractivity contribution in [1.29, 1.82) is 0 Å². The Labute approximate surface area is 139 Å². The van der Waals surface area contributed by atoms with Crippen LogP contribution in [-0.4, -0.2) is 40.7 Å². The minimum Gasteiger partial charge on any atom is -0.347 e. The summed E-state index contributed by atoms with van der Waals surface area (Å²) >= 11 is 7.12. The molecule has 0 fully saturated rings. The first-order chi connectivity index (χ1) is 10.5. The Hall–Kier alpha value is -1.43. The second-order valence-electron chi connectivity index (χ2n) is 5.04. The molecule has 0 spiro atoms. The van der Waals surface area contributed by atoms with E-state index in [1.54, 1.807) is 36.0 Å². The van der Waals surface area contributed by atoms with Crippen molar-refractivity contribution in [1.82, 2.24) is 9.47 Å². The van der Waals surface area contributed by atoms with Crippen molar-refractivity contribution in [2.24, 2.45) is 7.05 Å². The molecule has 22 heavy (non-hydrogen) atoms. The number of thiophene rings is 1. The Kier molecular flexibility index (Phi) is 5.56. The summed E-state index contributed by atoms with van der Waals surface area (Å²) in [6.45, 7) is 6.08. The summed E-state index contributed by atoms with van der Waals surface area (Å²) in [4.78, 5) is 27.4. The third-order valence-electron chi connectivity index (χ3n) is 3.62. The van der Waals surface area contributed by atoms with Crippen LogP contribution in [0.5, 0.6) is 0 Å². The zero-order chi connectivity index (χ0) is 16.3. The Bertz CT molecular complexity index is 686. The lowest BCUT2D eigenvalue weighted by Crippen LogP contribution is -2.29. The molecule has 0 bridgehead atoms. The topological polar surface area (TPSA) is 42.3 Å². The summed E-state index contributed by atoms with van der Waals surface area (Å²) < 4.78 is 2.28. The molecule has 0 atom stereocenters. The number of ketones is 2. The van der Waals surface area contributed by atoms with Crippen LogP contribution < -0.4 is 0 Å². The minimum absolute atomic E-state index is 0.0301. The van der Waals surface area contributed by atoms with E-state index in [4.69, 9.17) is 11.6 Å². The monoisotopic (exact) mass is 338 g/mol. The third kappa shape index (κ3) is 3.66. The van der Waals surface area contributed by atoms with E-state index in [0.29, 0.717) is 27.0 Å². The average molecular weight is 339 g/mol. The van der Waals surface area contributed by atoms with E-state index in [-0.39, 0.29) is 11.6 Å². The largest absolute Gasteiger partial charge is 0.347 e. The maximum absolute atomic E-state index is 12.5. The normalized spacial score (nSPS) is 11.1. The summed E-state index contributed by atoms with van der Waals surface area (Å²) in [5, 5.41) is 0. The molecule has 0 aromatic carbocycles. The number of nitrogens with zero attached hydrogens (tertiary/aromatic N) is 2. The molecule has 4 nitrogen and oxygen atoms in total. The zero-order valence-electron chi connectivity index (χ0n) is 12.9. The van der Waals surface area contributed by atoms with Crippen LogP contribution in [0.2, 0.25) is 4.34 Å². The number of aromatic nitrogens is 1. The van der Waals surface area contributed by atoms with E-state index in [1.807, 2.05) is 13.8 Å². The second kappa shape index (κ2) is 7.22. The van der Waals surface area contributed by atoms with Crippen LogP contribution in [0, 0.1) is 0 Å². The highest BCUT2D eigenvalue weighted by Crippen LogP contribution is 2.24. The highest BCUT2D eigenvalue weighted by Gasteiger charge is 2.19. The Morgan fingerprint density at radius 2 is 1.95 bits per heavy atom. The van der Waals surface area contributed by atoms with Crippen LogP contribution in [0.15, 0.2) is 24.4 Å². The molecule has 0 aliphatic rings. The number of Topliss-reactive ketones (excluding diaryl/α,β-unsaturated/α-hetero) is 1. The fraction of sp³-hybridized carbons (Fsp3) is 0.375. The van der Waals surface area contributed by atoms with Crippen molar-refractivity contribution < 1.29 is 9.59 Å². The Morgan fingerprint density at radius 3 is 2.50 bits per heavy atom. The number of aryl methyl sites for hydroxylation is 1. The van der Waals surface area contributed by atoms with Gasteiger partial charge in [0.2, 0.25) is 5.78 Å². The first-order valence-corrected chi connectivity index (χ1v) is 8.37. The maximum atomic E-state index is 12.5. The standard InChI is InChI=1S/C16H19ClN2O2S/c1-4-19(5-2)10-13(20)11-8-12(18(3)9-11)16(21)14-6-7-15(17)22-14/h6-9H,4-5,10H2,1-3H3. The van der Waals surface area contributed by atoms with Crippen molar-refractivity contribution in [2.75, 3.05) is 19.6 Å². The number of carbonyl (C=O) groups is 2. The first kappa shape index (κ1) is 16.9. The van der Waals surface area contributed by atoms with Crippen LogP contribution in [0.1, 0.15) is 39.6 Å². The van der Waals surface area contributed by atoms with Gasteiger partial charge in [-0.15, -0.1) is 11.3 Å². The quantitative estimate of drug-likeness (QED) is 0.726. The molecule has 2 rings (SSSR count). The molecule has 6 heteroatoms. The van der Waals surface area contributed by atoms with Crippen LogP contribution in [0.25, 0.3) is 0 Å². The van der Waals surface area contributed by atoms with Gasteiger partial charge in [-0.3, -0.25) is 14.5 Å². The molecule has 2 heterocycles. The van der Waals surface area contributed by atoms with Gasteiger partial charge in [-0.25, -0.2) is 0 Å². The van der Waals surface area contributed by atoms with Gasteiger partial charge in [-0.1, -0.05) is 25.4 Å². The lowest BCUT2D eigenvalue weighted by molar-refractivity contribution is 0.0937. The molecule has 2 aromatic rings. The number of halogens is 1. The smallest absolute Gasteiger partial charge is 0.219 e. The van der Waals surface area contributed by atoms with Crippen LogP contribution in [0.3, 0.4) is 0 Å². The zero-order valence-corrected chi connectivity index (χ0v) is 14.5. The van der Waals surface area contributed by atoms with Gasteiger partial charge < -0.3 is 4.57 Å². The molecule has 0 saturated heterocycles. The molecule has 0 aliphatic carbocycles. The molecule has 2 aromatic heterocycles. The van der Waals surface area contributed by atoms with E-state index in [2.05, 4.69) is 4.90 Å². The molecule has 0 aliphatic heterocycles. The number of hydrogen-bond acceptors (Lipinski definition) is 4. The number of carbonyl (C=O) groups excluding carboxylic acids is 2. The molecule has 0 unspecified atom stereocenters. The summed E-state index contributed by atoms with van der Waals surface area (Å²) in [7, 11) is 1.77. The van der Waals surface area contributed by atoms with Crippen LogP contribution in [0.4, 0.5) is 0 Å². The van der Waals surface area contributed by atoms with Gasteiger partial charge in [-0.2, -0.15) is 0 Å². The summed E-state index contributed by atoms with van der Waals surface area (Å²) in [6, 6.07) is 5.08. The number of hydrogen-bond donors (Lipinski definition) is 0. The molecule has 118 valence electrons. The van der Waals surface area contributed by atoms with Gasteiger partial charge in [0.1, 0.15) is 0 Å². The van der Waals surface area contributed by atoms with Crippen molar-refractivity contribution >= 4 is 34.5 Å². The van der Waals surface area contributed by atoms with E-state index in [1.165, 1.54) is 11.3 Å². The fourth-order valence-electron chi connectivity index (χ4n) is 2.25. The van der Waals surface area contributed by atoms with Gasteiger partial charge in [0.25, 0.3) is 0 Å². The molecule has 0 radical (unpaired) electrons.